The number of nitrogens with zero attached hydrogens (tertiary/aromatic N) is 1. The molecular weight excluding hydrogens is 529 g/mol. The summed E-state index contributed by atoms with van der Waals surface area (Å²) in [6.45, 7) is 0. The Bertz CT molecular complexity index is 2280. The lowest BCUT2D eigenvalue weighted by Gasteiger charge is -2.23. The Kier molecular flexibility index (Phi) is 5.77. The monoisotopic (exact) mass is 555 g/mol. The second-order valence-electron chi connectivity index (χ2n) is 10.7. The van der Waals surface area contributed by atoms with E-state index in [4.69, 9.17) is 4.98 Å². The van der Waals surface area contributed by atoms with Crippen LogP contribution in [0.4, 0.5) is 0 Å². The third-order valence-corrected chi connectivity index (χ3v) is 11.4. The van der Waals surface area contributed by atoms with E-state index in [0.717, 1.165) is 59.6 Å². The van der Waals surface area contributed by atoms with Crippen LogP contribution in [0.25, 0.3) is 54.5 Å². The van der Waals surface area contributed by atoms with Crippen LogP contribution in [0.1, 0.15) is 0 Å². The lowest BCUT2D eigenvalue weighted by atomic mass is 9.94. The Balaban J connectivity index is 1.56. The summed E-state index contributed by atoms with van der Waals surface area (Å²) < 4.78 is 15.7. The van der Waals surface area contributed by atoms with Crippen LogP contribution in [0.5, 0.6) is 0 Å². The zero-order chi connectivity index (χ0) is 28.1. The van der Waals surface area contributed by atoms with E-state index >= 15 is 4.57 Å². The highest BCUT2D eigenvalue weighted by Crippen LogP contribution is 2.47. The number of hydrogen-bond acceptors (Lipinski definition) is 2. The van der Waals surface area contributed by atoms with E-state index in [2.05, 4.69) is 84.9 Å². The van der Waals surface area contributed by atoms with Gasteiger partial charge in [0.25, 0.3) is 0 Å². The first kappa shape index (κ1) is 24.7. The van der Waals surface area contributed by atoms with Crippen molar-refractivity contribution in [3.05, 3.63) is 158 Å². The molecule has 0 aliphatic heterocycles. The predicted octanol–water partition coefficient (Wildman–Crippen LogP) is 9.00. The standard InChI is InChI=1S/C39H26NOP/c41-42(30-15-3-1-4-16-30,31-17-5-2-6-18-31)37-26-35-38(33-20-10-9-19-32(33)37)34-21-11-12-22-36(34)40-39(35)29-24-23-27-13-7-8-14-28(27)25-29/h1-26H. The fourth-order valence-electron chi connectivity index (χ4n) is 6.32. The molecule has 8 aromatic rings. The van der Waals surface area contributed by atoms with Crippen molar-refractivity contribution in [2.24, 2.45) is 0 Å². The highest BCUT2D eigenvalue weighted by molar-refractivity contribution is 7.85. The number of benzene rings is 7. The summed E-state index contributed by atoms with van der Waals surface area (Å²) in [5, 5.41) is 10.1. The SMILES string of the molecule is O=P(c1ccccc1)(c1ccccc1)c1cc2c(-c3ccc4ccccc4c3)nc3ccccc3c2c2ccccc12. The second-order valence-corrected chi connectivity index (χ2v) is 13.4. The number of aromatic nitrogens is 1. The van der Waals surface area contributed by atoms with Crippen LogP contribution >= 0.6 is 7.14 Å². The van der Waals surface area contributed by atoms with Crippen molar-refractivity contribution < 1.29 is 4.57 Å². The predicted molar refractivity (Wildman–Crippen MR) is 179 cm³/mol. The molecule has 0 saturated carbocycles. The number of rotatable bonds is 4. The van der Waals surface area contributed by atoms with Crippen molar-refractivity contribution in [3.8, 4) is 11.3 Å². The Morgan fingerprint density at radius 2 is 1.02 bits per heavy atom. The summed E-state index contributed by atoms with van der Waals surface area (Å²) in [6.07, 6.45) is 0. The van der Waals surface area contributed by atoms with Gasteiger partial charge in [-0.25, -0.2) is 4.98 Å². The Morgan fingerprint density at radius 3 is 1.74 bits per heavy atom. The van der Waals surface area contributed by atoms with Gasteiger partial charge in [-0.15, -0.1) is 0 Å². The molecular formula is C39H26NOP. The van der Waals surface area contributed by atoms with E-state index < -0.39 is 7.14 Å². The molecule has 0 radical (unpaired) electrons. The molecule has 0 N–H and O–H groups in total. The maximum absolute atomic E-state index is 15.7. The van der Waals surface area contributed by atoms with Crippen LogP contribution in [0.2, 0.25) is 0 Å². The van der Waals surface area contributed by atoms with Crippen molar-refractivity contribution in [2.45, 2.75) is 0 Å². The Morgan fingerprint density at radius 1 is 0.452 bits per heavy atom. The van der Waals surface area contributed by atoms with Crippen LogP contribution in [0.3, 0.4) is 0 Å². The molecule has 0 unspecified atom stereocenters. The molecule has 0 spiro atoms. The number of fused-ring (bicyclic) bond motifs is 6. The van der Waals surface area contributed by atoms with E-state index in [0.29, 0.717) is 0 Å². The molecule has 0 aliphatic rings. The van der Waals surface area contributed by atoms with E-state index in [1.54, 1.807) is 0 Å². The molecule has 1 aromatic heterocycles. The van der Waals surface area contributed by atoms with Crippen molar-refractivity contribution in [3.63, 3.8) is 0 Å². The van der Waals surface area contributed by atoms with Gasteiger partial charge in [-0.05, 0) is 39.7 Å². The van der Waals surface area contributed by atoms with Gasteiger partial charge in [0, 0.05) is 37.6 Å². The highest BCUT2D eigenvalue weighted by atomic mass is 31.2. The van der Waals surface area contributed by atoms with Gasteiger partial charge in [-0.3, -0.25) is 0 Å². The summed E-state index contributed by atoms with van der Waals surface area (Å²) in [6, 6.07) is 53.7. The average molecular weight is 556 g/mol. The van der Waals surface area contributed by atoms with E-state index in [1.165, 1.54) is 10.8 Å². The molecule has 0 bridgehead atoms. The molecule has 7 aromatic carbocycles. The molecule has 0 saturated heterocycles. The van der Waals surface area contributed by atoms with Gasteiger partial charge in [0.15, 0.2) is 7.14 Å². The van der Waals surface area contributed by atoms with Gasteiger partial charge in [0.2, 0.25) is 0 Å². The van der Waals surface area contributed by atoms with Crippen LogP contribution in [0.15, 0.2) is 158 Å². The third-order valence-electron chi connectivity index (χ3n) is 8.29. The van der Waals surface area contributed by atoms with E-state index in [1.807, 2.05) is 72.8 Å². The molecule has 42 heavy (non-hydrogen) atoms. The minimum Gasteiger partial charge on any atom is -0.309 e. The van der Waals surface area contributed by atoms with Crippen molar-refractivity contribution in [2.75, 3.05) is 0 Å². The van der Waals surface area contributed by atoms with Crippen molar-refractivity contribution >= 4 is 66.3 Å². The third kappa shape index (κ3) is 3.80. The smallest absolute Gasteiger partial charge is 0.171 e. The first-order valence-corrected chi connectivity index (χ1v) is 15.9. The maximum Gasteiger partial charge on any atom is 0.171 e. The van der Waals surface area contributed by atoms with Gasteiger partial charge in [0.1, 0.15) is 0 Å². The zero-order valence-electron chi connectivity index (χ0n) is 22.8. The van der Waals surface area contributed by atoms with Gasteiger partial charge in [-0.2, -0.15) is 0 Å². The van der Waals surface area contributed by atoms with E-state index in [-0.39, 0.29) is 0 Å². The first-order valence-electron chi connectivity index (χ1n) is 14.2. The largest absolute Gasteiger partial charge is 0.309 e. The molecule has 0 atom stereocenters. The van der Waals surface area contributed by atoms with Crippen LogP contribution in [-0.2, 0) is 4.57 Å². The summed E-state index contributed by atoms with van der Waals surface area (Å²) in [4.78, 5) is 5.27. The summed E-state index contributed by atoms with van der Waals surface area (Å²) in [7, 11) is -3.27. The molecule has 8 rings (SSSR count). The molecule has 0 amide bonds. The Hall–Kier alpha value is -5.04. The van der Waals surface area contributed by atoms with Crippen molar-refractivity contribution in [1.82, 2.24) is 4.98 Å². The quantitative estimate of drug-likeness (QED) is 0.160. The number of pyridine rings is 1. The zero-order valence-corrected chi connectivity index (χ0v) is 23.7. The van der Waals surface area contributed by atoms with Gasteiger partial charge < -0.3 is 4.57 Å². The minimum atomic E-state index is -3.27. The van der Waals surface area contributed by atoms with Gasteiger partial charge in [-0.1, -0.05) is 140 Å². The number of para-hydroxylation sites is 1. The second kappa shape index (κ2) is 9.80. The lowest BCUT2D eigenvalue weighted by molar-refractivity contribution is 0.592. The fourth-order valence-corrected chi connectivity index (χ4v) is 9.20. The van der Waals surface area contributed by atoms with Gasteiger partial charge in [0.05, 0.1) is 11.2 Å². The minimum absolute atomic E-state index is 0.821. The molecule has 0 aliphatic carbocycles. The van der Waals surface area contributed by atoms with E-state index in [9.17, 15) is 0 Å². The molecule has 1 heterocycles. The summed E-state index contributed by atoms with van der Waals surface area (Å²) in [5.74, 6) is 0. The van der Waals surface area contributed by atoms with Crippen LogP contribution in [0, 0.1) is 0 Å². The summed E-state index contributed by atoms with van der Waals surface area (Å²) >= 11 is 0. The first-order chi connectivity index (χ1) is 20.7. The average Bonchev–Trinajstić information content (AvgIpc) is 3.07. The molecule has 2 nitrogen and oxygen atoms in total. The van der Waals surface area contributed by atoms with Crippen molar-refractivity contribution in [1.29, 1.82) is 0 Å². The number of hydrogen-bond donors (Lipinski definition) is 0. The molecule has 198 valence electrons. The fraction of sp³-hybridized carbons (Fsp3) is 0. The summed E-state index contributed by atoms with van der Waals surface area (Å²) in [5.41, 5.74) is 2.88. The maximum atomic E-state index is 15.7. The Labute approximate surface area is 244 Å². The highest BCUT2D eigenvalue weighted by Gasteiger charge is 2.32. The normalized spacial score (nSPS) is 11.9. The van der Waals surface area contributed by atoms with Crippen LogP contribution < -0.4 is 15.9 Å². The van der Waals surface area contributed by atoms with Crippen LogP contribution in [-0.4, -0.2) is 4.98 Å². The molecule has 3 heteroatoms. The molecule has 0 fully saturated rings. The topological polar surface area (TPSA) is 30.0 Å². The van der Waals surface area contributed by atoms with Gasteiger partial charge >= 0.3 is 0 Å². The lowest BCUT2D eigenvalue weighted by Crippen LogP contribution is -2.25.